The fourth-order valence-corrected chi connectivity index (χ4v) is 1.65. The lowest BCUT2D eigenvalue weighted by Gasteiger charge is -2.08. The first-order valence-corrected chi connectivity index (χ1v) is 5.92. The van der Waals surface area contributed by atoms with Crippen molar-refractivity contribution < 1.29 is 0 Å². The summed E-state index contributed by atoms with van der Waals surface area (Å²) in [6.45, 7) is 0. The van der Waals surface area contributed by atoms with Gasteiger partial charge in [0, 0.05) is 10.7 Å². The van der Waals surface area contributed by atoms with Crippen molar-refractivity contribution in [1.82, 2.24) is 0 Å². The molecule has 0 fully saturated rings. The van der Waals surface area contributed by atoms with Crippen molar-refractivity contribution in [3.05, 3.63) is 39.9 Å². The van der Waals surface area contributed by atoms with Crippen LogP contribution in [-0.2, 0) is 0 Å². The summed E-state index contributed by atoms with van der Waals surface area (Å²) in [6.07, 6.45) is 1.80. The zero-order valence-corrected chi connectivity index (χ0v) is 10.1. The van der Waals surface area contributed by atoms with Gasteiger partial charge in [-0.2, -0.15) is 10.5 Å². The molecule has 0 saturated carbocycles. The molecule has 0 aliphatic carbocycles. The minimum Gasteiger partial charge on any atom is -0.349 e. The highest BCUT2D eigenvalue weighted by atomic mass is 35.5. The summed E-state index contributed by atoms with van der Waals surface area (Å²) >= 11 is 7.07. The van der Waals surface area contributed by atoms with Gasteiger partial charge in [0.05, 0.1) is 0 Å². The van der Waals surface area contributed by atoms with E-state index in [2.05, 4.69) is 5.32 Å². The molecular weight excluding hydrogens is 242 g/mol. The lowest BCUT2D eigenvalue weighted by atomic mass is 10.3. The molecule has 0 bridgehead atoms. The predicted molar refractivity (Wildman–Crippen MR) is 66.8 cm³/mol. The summed E-state index contributed by atoms with van der Waals surface area (Å²) in [5.41, 5.74) is 0.860. The molecule has 3 nitrogen and oxygen atoms in total. The zero-order valence-electron chi connectivity index (χ0n) is 8.49. The van der Waals surface area contributed by atoms with Gasteiger partial charge >= 0.3 is 0 Å². The Morgan fingerprint density at radius 1 is 1.25 bits per heavy atom. The molecule has 0 atom stereocenters. The number of hydrogen-bond acceptors (Lipinski definition) is 4. The second-order valence-corrected chi connectivity index (χ2v) is 4.02. The third-order valence-corrected chi connectivity index (χ3v) is 2.72. The normalized spacial score (nSPS) is 8.75. The van der Waals surface area contributed by atoms with Gasteiger partial charge in [-0.05, 0) is 30.5 Å². The number of hydrogen-bond donors (Lipinski definition) is 1. The van der Waals surface area contributed by atoms with Crippen LogP contribution in [0, 0.1) is 22.7 Å². The number of allylic oxidation sites excluding steroid dienone is 1. The van der Waals surface area contributed by atoms with E-state index in [4.69, 9.17) is 22.1 Å². The molecule has 1 aromatic carbocycles. The molecule has 0 radical (unpaired) electrons. The Balaban J connectivity index is 2.96. The first kappa shape index (κ1) is 12.4. The van der Waals surface area contributed by atoms with Crippen molar-refractivity contribution in [2.24, 2.45) is 0 Å². The van der Waals surface area contributed by atoms with E-state index in [-0.39, 0.29) is 5.57 Å². The molecule has 0 unspecified atom stereocenters. The maximum Gasteiger partial charge on any atom is 0.159 e. The van der Waals surface area contributed by atoms with E-state index >= 15 is 0 Å². The summed E-state index contributed by atoms with van der Waals surface area (Å²) in [4.78, 5) is 0. The van der Waals surface area contributed by atoms with Crippen LogP contribution in [0.3, 0.4) is 0 Å². The predicted octanol–water partition coefficient (Wildman–Crippen LogP) is 3.37. The highest BCUT2D eigenvalue weighted by molar-refractivity contribution is 8.02. The van der Waals surface area contributed by atoms with Crippen molar-refractivity contribution in [3.8, 4) is 12.1 Å². The largest absolute Gasteiger partial charge is 0.349 e. The molecule has 1 rings (SSSR count). The van der Waals surface area contributed by atoms with Crippen LogP contribution in [0.2, 0.25) is 5.02 Å². The van der Waals surface area contributed by atoms with Gasteiger partial charge in [0.1, 0.15) is 17.2 Å². The van der Waals surface area contributed by atoms with Crippen molar-refractivity contribution >= 4 is 29.1 Å². The van der Waals surface area contributed by atoms with E-state index in [0.29, 0.717) is 10.1 Å². The number of thioether (sulfide) groups is 1. The summed E-state index contributed by atoms with van der Waals surface area (Å²) in [6, 6.07) is 10.7. The van der Waals surface area contributed by atoms with Crippen LogP contribution in [-0.4, -0.2) is 6.26 Å². The lowest BCUT2D eigenvalue weighted by molar-refractivity contribution is 1.43. The number of anilines is 1. The Labute approximate surface area is 103 Å². The number of nitriles is 2. The Kier molecular flexibility index (Phi) is 4.72. The lowest BCUT2D eigenvalue weighted by Crippen LogP contribution is -1.98. The van der Waals surface area contributed by atoms with Gasteiger partial charge in [-0.3, -0.25) is 0 Å². The van der Waals surface area contributed by atoms with E-state index < -0.39 is 0 Å². The molecule has 0 heterocycles. The van der Waals surface area contributed by atoms with Gasteiger partial charge in [-0.25, -0.2) is 0 Å². The highest BCUT2D eigenvalue weighted by Crippen LogP contribution is 2.21. The Bertz CT molecular complexity index is 463. The average Bonchev–Trinajstić information content (AvgIpc) is 2.32. The Morgan fingerprint density at radius 2 is 1.81 bits per heavy atom. The molecule has 0 aromatic heterocycles. The molecule has 0 amide bonds. The van der Waals surface area contributed by atoms with Crippen LogP contribution in [0.5, 0.6) is 0 Å². The number of nitrogens with one attached hydrogen (secondary N) is 1. The first-order chi connectivity index (χ1) is 7.71. The van der Waals surface area contributed by atoms with Gasteiger partial charge in [0.2, 0.25) is 0 Å². The summed E-state index contributed by atoms with van der Waals surface area (Å²) < 4.78 is 0. The van der Waals surface area contributed by atoms with Gasteiger partial charge < -0.3 is 5.32 Å². The quantitative estimate of drug-likeness (QED) is 0.835. The van der Waals surface area contributed by atoms with Crippen molar-refractivity contribution in [3.63, 3.8) is 0 Å². The highest BCUT2D eigenvalue weighted by Gasteiger charge is 2.05. The van der Waals surface area contributed by atoms with Crippen molar-refractivity contribution in [2.75, 3.05) is 11.6 Å². The minimum absolute atomic E-state index is 0.0717. The summed E-state index contributed by atoms with van der Waals surface area (Å²) in [7, 11) is 0. The van der Waals surface area contributed by atoms with Crippen LogP contribution in [0.1, 0.15) is 0 Å². The molecule has 1 aromatic rings. The standard InChI is InChI=1S/C11H8ClN3S/c1-16-11(8(6-13)7-14)15-10-4-2-9(12)3-5-10/h2-5,15H,1H3. The van der Waals surface area contributed by atoms with Gasteiger partial charge in [0.15, 0.2) is 5.57 Å². The minimum atomic E-state index is 0.0717. The first-order valence-electron chi connectivity index (χ1n) is 4.32. The van der Waals surface area contributed by atoms with Crippen molar-refractivity contribution in [2.45, 2.75) is 0 Å². The molecule has 0 saturated heterocycles. The van der Waals surface area contributed by atoms with E-state index in [1.165, 1.54) is 11.8 Å². The Morgan fingerprint density at radius 3 is 2.25 bits per heavy atom. The fourth-order valence-electron chi connectivity index (χ4n) is 1.01. The number of nitrogens with zero attached hydrogens (tertiary/aromatic N) is 2. The molecule has 5 heteroatoms. The number of benzene rings is 1. The molecule has 1 N–H and O–H groups in total. The van der Waals surface area contributed by atoms with Crippen LogP contribution < -0.4 is 5.32 Å². The van der Waals surface area contributed by atoms with Crippen LogP contribution >= 0.6 is 23.4 Å². The monoisotopic (exact) mass is 249 g/mol. The smallest absolute Gasteiger partial charge is 0.159 e. The van der Waals surface area contributed by atoms with E-state index in [1.807, 2.05) is 12.1 Å². The van der Waals surface area contributed by atoms with Crippen LogP contribution in [0.25, 0.3) is 0 Å². The van der Waals surface area contributed by atoms with E-state index in [9.17, 15) is 0 Å². The average molecular weight is 250 g/mol. The maximum absolute atomic E-state index is 8.74. The molecule has 16 heavy (non-hydrogen) atoms. The molecule has 0 aliphatic heterocycles. The van der Waals surface area contributed by atoms with Gasteiger partial charge in [-0.1, -0.05) is 11.6 Å². The fraction of sp³-hybridized carbons (Fsp3) is 0.0909. The molecule has 0 aliphatic rings. The van der Waals surface area contributed by atoms with Gasteiger partial charge in [0.25, 0.3) is 0 Å². The third kappa shape index (κ3) is 3.20. The Hall–Kier alpha value is -1.62. The van der Waals surface area contributed by atoms with Gasteiger partial charge in [-0.15, -0.1) is 11.8 Å². The van der Waals surface area contributed by atoms with Crippen molar-refractivity contribution in [1.29, 1.82) is 10.5 Å². The summed E-state index contributed by atoms with van der Waals surface area (Å²) in [5, 5.41) is 21.7. The molecular formula is C11H8ClN3S. The maximum atomic E-state index is 8.74. The number of rotatable bonds is 3. The third-order valence-electron chi connectivity index (χ3n) is 1.76. The second-order valence-electron chi connectivity index (χ2n) is 2.76. The summed E-state index contributed by atoms with van der Waals surface area (Å²) in [5.74, 6) is 0. The number of halogens is 1. The topological polar surface area (TPSA) is 59.6 Å². The van der Waals surface area contributed by atoms with E-state index in [1.54, 1.807) is 30.5 Å². The van der Waals surface area contributed by atoms with E-state index in [0.717, 1.165) is 5.69 Å². The molecule has 80 valence electrons. The van der Waals surface area contributed by atoms with Crippen LogP contribution in [0.4, 0.5) is 5.69 Å². The van der Waals surface area contributed by atoms with Crippen LogP contribution in [0.15, 0.2) is 34.9 Å². The zero-order chi connectivity index (χ0) is 12.0. The SMILES string of the molecule is CSC(Nc1ccc(Cl)cc1)=C(C#N)C#N. The second kappa shape index (κ2) is 6.07. The molecule has 0 spiro atoms.